The molecule has 2 aromatic heterocycles. The lowest BCUT2D eigenvalue weighted by atomic mass is 10.2. The number of para-hydroxylation sites is 1. The van der Waals surface area contributed by atoms with Crippen LogP contribution < -0.4 is 5.32 Å². The van der Waals surface area contributed by atoms with Crippen LogP contribution in [0.1, 0.15) is 20.9 Å². The molecule has 0 unspecified atom stereocenters. The zero-order chi connectivity index (χ0) is 22.8. The SMILES string of the molecule is Cc1cc([N+](=O)[O-])ccc1NC(=O)COC(=O)c1cc2c(C)nn(-c3ccccc3)c2s1. The number of aryl methyl sites for hydroxylation is 2. The van der Waals surface area contributed by atoms with Crippen molar-refractivity contribution in [3.8, 4) is 5.69 Å². The quantitative estimate of drug-likeness (QED) is 0.264. The highest BCUT2D eigenvalue weighted by Crippen LogP contribution is 2.30. The van der Waals surface area contributed by atoms with Gasteiger partial charge < -0.3 is 10.1 Å². The number of nitro groups is 1. The summed E-state index contributed by atoms with van der Waals surface area (Å²) in [6.45, 7) is 3.03. The fourth-order valence-corrected chi connectivity index (χ4v) is 4.26. The molecule has 0 aliphatic heterocycles. The Morgan fingerprint density at radius 3 is 2.59 bits per heavy atom. The maximum absolute atomic E-state index is 12.5. The highest BCUT2D eigenvalue weighted by molar-refractivity contribution is 7.20. The predicted molar refractivity (Wildman–Crippen MR) is 120 cm³/mol. The van der Waals surface area contributed by atoms with Crippen molar-refractivity contribution in [1.82, 2.24) is 9.78 Å². The molecule has 4 rings (SSSR count). The van der Waals surface area contributed by atoms with Gasteiger partial charge in [0.15, 0.2) is 6.61 Å². The molecule has 0 aliphatic carbocycles. The Balaban J connectivity index is 1.44. The van der Waals surface area contributed by atoms with Crippen LogP contribution in [-0.4, -0.2) is 33.2 Å². The molecule has 0 radical (unpaired) electrons. The van der Waals surface area contributed by atoms with Crippen LogP contribution in [0.2, 0.25) is 0 Å². The molecule has 0 fully saturated rings. The number of carbonyl (C=O) groups is 2. The topological polar surface area (TPSA) is 116 Å². The Morgan fingerprint density at radius 1 is 1.16 bits per heavy atom. The number of nitrogens with one attached hydrogen (secondary N) is 1. The van der Waals surface area contributed by atoms with Crippen LogP contribution in [0.3, 0.4) is 0 Å². The van der Waals surface area contributed by atoms with Gasteiger partial charge >= 0.3 is 5.97 Å². The van der Waals surface area contributed by atoms with E-state index in [0.29, 0.717) is 16.1 Å². The molecule has 32 heavy (non-hydrogen) atoms. The second-order valence-corrected chi connectivity index (χ2v) is 8.07. The number of carbonyl (C=O) groups excluding carboxylic acids is 2. The monoisotopic (exact) mass is 450 g/mol. The van der Waals surface area contributed by atoms with Crippen LogP contribution in [0, 0.1) is 24.0 Å². The summed E-state index contributed by atoms with van der Waals surface area (Å²) >= 11 is 1.24. The first kappa shape index (κ1) is 21.2. The molecule has 1 N–H and O–H groups in total. The minimum Gasteiger partial charge on any atom is -0.451 e. The van der Waals surface area contributed by atoms with Gasteiger partial charge in [0.1, 0.15) is 9.71 Å². The Labute approximate surface area is 186 Å². The minimum absolute atomic E-state index is 0.0685. The molecule has 0 spiro atoms. The molecule has 2 heterocycles. The summed E-state index contributed by atoms with van der Waals surface area (Å²) in [5.74, 6) is -1.15. The molecule has 4 aromatic rings. The number of thiophene rings is 1. The van der Waals surface area contributed by atoms with Crippen LogP contribution in [0.5, 0.6) is 0 Å². The van der Waals surface area contributed by atoms with E-state index in [1.165, 1.54) is 29.5 Å². The van der Waals surface area contributed by atoms with Gasteiger partial charge in [-0.3, -0.25) is 14.9 Å². The van der Waals surface area contributed by atoms with E-state index in [4.69, 9.17) is 4.74 Å². The average molecular weight is 450 g/mol. The van der Waals surface area contributed by atoms with Gasteiger partial charge in [0, 0.05) is 23.2 Å². The van der Waals surface area contributed by atoms with E-state index >= 15 is 0 Å². The Bertz CT molecular complexity index is 1340. The lowest BCUT2D eigenvalue weighted by Gasteiger charge is -2.08. The summed E-state index contributed by atoms with van der Waals surface area (Å²) in [4.78, 5) is 36.2. The van der Waals surface area contributed by atoms with Crippen LogP contribution in [0.4, 0.5) is 11.4 Å². The van der Waals surface area contributed by atoms with Gasteiger partial charge in [0.25, 0.3) is 11.6 Å². The number of hydrogen-bond donors (Lipinski definition) is 1. The van der Waals surface area contributed by atoms with E-state index in [0.717, 1.165) is 21.6 Å². The molecule has 9 nitrogen and oxygen atoms in total. The first-order valence-electron chi connectivity index (χ1n) is 9.60. The first-order chi connectivity index (χ1) is 15.3. The average Bonchev–Trinajstić information content (AvgIpc) is 3.34. The second-order valence-electron chi connectivity index (χ2n) is 7.04. The van der Waals surface area contributed by atoms with Crippen molar-refractivity contribution in [3.63, 3.8) is 0 Å². The third-order valence-corrected chi connectivity index (χ3v) is 5.87. The van der Waals surface area contributed by atoms with Crippen LogP contribution in [-0.2, 0) is 9.53 Å². The lowest BCUT2D eigenvalue weighted by molar-refractivity contribution is -0.384. The van der Waals surface area contributed by atoms with Crippen LogP contribution >= 0.6 is 11.3 Å². The number of rotatable bonds is 6. The summed E-state index contributed by atoms with van der Waals surface area (Å²) in [5, 5.41) is 18.8. The summed E-state index contributed by atoms with van der Waals surface area (Å²) in [7, 11) is 0. The molecular formula is C22H18N4O5S. The van der Waals surface area contributed by atoms with E-state index in [-0.39, 0.29) is 5.69 Å². The molecule has 1 amide bonds. The number of aromatic nitrogens is 2. The smallest absolute Gasteiger partial charge is 0.348 e. The highest BCUT2D eigenvalue weighted by Gasteiger charge is 2.19. The number of fused-ring (bicyclic) bond motifs is 1. The second kappa shape index (κ2) is 8.60. The van der Waals surface area contributed by atoms with Crippen molar-refractivity contribution >= 4 is 44.8 Å². The number of ether oxygens (including phenoxy) is 1. The van der Waals surface area contributed by atoms with Crippen molar-refractivity contribution in [3.05, 3.63) is 80.8 Å². The number of benzene rings is 2. The van der Waals surface area contributed by atoms with E-state index in [2.05, 4.69) is 10.4 Å². The van der Waals surface area contributed by atoms with E-state index < -0.39 is 23.4 Å². The Morgan fingerprint density at radius 2 is 1.91 bits per heavy atom. The van der Waals surface area contributed by atoms with Crippen molar-refractivity contribution in [2.75, 3.05) is 11.9 Å². The number of nitro benzene ring substituents is 1. The van der Waals surface area contributed by atoms with Crippen molar-refractivity contribution < 1.29 is 19.2 Å². The molecule has 162 valence electrons. The van der Waals surface area contributed by atoms with Gasteiger partial charge in [-0.05, 0) is 43.7 Å². The van der Waals surface area contributed by atoms with Crippen LogP contribution in [0.15, 0.2) is 54.6 Å². The summed E-state index contributed by atoms with van der Waals surface area (Å²) in [6.07, 6.45) is 0. The predicted octanol–water partition coefficient (Wildman–Crippen LogP) is 4.41. The lowest BCUT2D eigenvalue weighted by Crippen LogP contribution is -2.21. The van der Waals surface area contributed by atoms with Gasteiger partial charge in [-0.25, -0.2) is 9.48 Å². The Kier molecular flexibility index (Phi) is 5.69. The third kappa shape index (κ3) is 4.21. The van der Waals surface area contributed by atoms with Crippen molar-refractivity contribution in [2.45, 2.75) is 13.8 Å². The van der Waals surface area contributed by atoms with Gasteiger partial charge in [-0.1, -0.05) is 18.2 Å². The maximum Gasteiger partial charge on any atom is 0.348 e. The molecule has 0 saturated heterocycles. The standard InChI is InChI=1S/C22H18N4O5S/c1-13-10-16(26(29)30)8-9-18(13)23-20(27)12-31-22(28)19-11-17-14(2)24-25(21(17)32-19)15-6-4-3-5-7-15/h3-11H,12H2,1-2H3,(H,23,27). The molecule has 0 aliphatic rings. The number of anilines is 1. The molecule has 0 atom stereocenters. The number of esters is 1. The van der Waals surface area contributed by atoms with E-state index in [9.17, 15) is 19.7 Å². The van der Waals surface area contributed by atoms with Gasteiger partial charge in [0.2, 0.25) is 0 Å². The largest absolute Gasteiger partial charge is 0.451 e. The Hall–Kier alpha value is -4.05. The number of amides is 1. The zero-order valence-corrected chi connectivity index (χ0v) is 18.0. The molecule has 10 heteroatoms. The van der Waals surface area contributed by atoms with Gasteiger partial charge in [-0.2, -0.15) is 5.10 Å². The summed E-state index contributed by atoms with van der Waals surface area (Å²) in [6, 6.07) is 15.4. The first-order valence-corrected chi connectivity index (χ1v) is 10.4. The third-order valence-electron chi connectivity index (χ3n) is 4.78. The number of non-ortho nitro benzene ring substituents is 1. The summed E-state index contributed by atoms with van der Waals surface area (Å²) < 4.78 is 6.94. The summed E-state index contributed by atoms with van der Waals surface area (Å²) in [5.41, 5.74) is 2.54. The molecular weight excluding hydrogens is 432 g/mol. The van der Waals surface area contributed by atoms with E-state index in [1.54, 1.807) is 17.7 Å². The zero-order valence-electron chi connectivity index (χ0n) is 17.2. The van der Waals surface area contributed by atoms with Gasteiger partial charge in [-0.15, -0.1) is 11.3 Å². The fourth-order valence-electron chi connectivity index (χ4n) is 3.18. The van der Waals surface area contributed by atoms with Crippen molar-refractivity contribution in [1.29, 1.82) is 0 Å². The normalized spacial score (nSPS) is 10.8. The van der Waals surface area contributed by atoms with Crippen LogP contribution in [0.25, 0.3) is 15.9 Å². The molecule has 0 bridgehead atoms. The minimum atomic E-state index is -0.610. The number of nitrogens with zero attached hydrogens (tertiary/aromatic N) is 3. The highest BCUT2D eigenvalue weighted by atomic mass is 32.1. The van der Waals surface area contributed by atoms with Gasteiger partial charge in [0.05, 0.1) is 16.3 Å². The maximum atomic E-state index is 12.5. The molecule has 2 aromatic carbocycles. The van der Waals surface area contributed by atoms with Crippen molar-refractivity contribution in [2.24, 2.45) is 0 Å². The van der Waals surface area contributed by atoms with E-state index in [1.807, 2.05) is 37.3 Å². The fraction of sp³-hybridized carbons (Fsp3) is 0.136. The molecule has 0 saturated carbocycles. The number of hydrogen-bond acceptors (Lipinski definition) is 7.